The molecule has 0 bridgehead atoms. The average molecular weight is 540 g/mol. The minimum atomic E-state index is -0.622. The lowest BCUT2D eigenvalue weighted by molar-refractivity contribution is -0.146. The molecule has 1 unspecified atom stereocenters. The fraction of sp³-hybridized carbons (Fsp3) is 0.393. The second-order valence-corrected chi connectivity index (χ2v) is 9.85. The molecule has 35 heavy (non-hydrogen) atoms. The maximum absolute atomic E-state index is 13.7. The van der Waals surface area contributed by atoms with Gasteiger partial charge in [0.1, 0.15) is 5.92 Å². The number of aliphatic imine (C=N–C) groups is 1. The van der Waals surface area contributed by atoms with Gasteiger partial charge >= 0.3 is 5.97 Å². The van der Waals surface area contributed by atoms with Crippen LogP contribution in [0.25, 0.3) is 0 Å². The number of carbonyl (C=O) groups is 2. The van der Waals surface area contributed by atoms with E-state index >= 15 is 0 Å². The van der Waals surface area contributed by atoms with Crippen LogP contribution in [0.1, 0.15) is 56.1 Å². The minimum Gasteiger partial charge on any atom is -0.493 e. The summed E-state index contributed by atoms with van der Waals surface area (Å²) in [7, 11) is 3.20. The van der Waals surface area contributed by atoms with Gasteiger partial charge < -0.3 is 14.2 Å². The van der Waals surface area contributed by atoms with Gasteiger partial charge in [-0.25, -0.2) is 0 Å². The number of ether oxygens (including phenoxy) is 3. The number of esters is 1. The lowest BCUT2D eigenvalue weighted by Gasteiger charge is -2.36. The number of rotatable bonds is 7. The Morgan fingerprint density at radius 2 is 1.71 bits per heavy atom. The standard InChI is InChI=1S/C28H30BrNO5/c1-5-12-35-28(32)25-16(2)30-21-13-19(18-8-11-23(33-3)24(15-18)34-4)14-22(31)27(21)26(25)17-6-9-20(29)10-7-17/h6-11,15,19,25-26H,5,12-14H2,1-4H3/t19-,25?,26-/m1/s1. The molecule has 0 radical (unpaired) electrons. The van der Waals surface area contributed by atoms with Crippen molar-refractivity contribution in [3.63, 3.8) is 0 Å². The van der Waals surface area contributed by atoms with Crippen LogP contribution in [-0.4, -0.2) is 38.3 Å². The van der Waals surface area contributed by atoms with E-state index in [4.69, 9.17) is 19.2 Å². The molecule has 7 heteroatoms. The number of benzene rings is 2. The molecule has 6 nitrogen and oxygen atoms in total. The summed E-state index contributed by atoms with van der Waals surface area (Å²) < 4.78 is 17.3. The highest BCUT2D eigenvalue weighted by Gasteiger charge is 2.44. The number of allylic oxidation sites excluding steroid dienone is 2. The lowest BCUT2D eigenvalue weighted by Crippen LogP contribution is -2.38. The topological polar surface area (TPSA) is 74.2 Å². The normalized spacial score (nSPS) is 21.8. The third-order valence-electron chi connectivity index (χ3n) is 6.70. The van der Waals surface area contributed by atoms with Gasteiger partial charge in [0, 0.05) is 33.8 Å². The van der Waals surface area contributed by atoms with E-state index < -0.39 is 11.8 Å². The van der Waals surface area contributed by atoms with E-state index in [1.165, 1.54) is 0 Å². The monoisotopic (exact) mass is 539 g/mol. The second-order valence-electron chi connectivity index (χ2n) is 8.93. The summed E-state index contributed by atoms with van der Waals surface area (Å²) >= 11 is 3.48. The van der Waals surface area contributed by atoms with E-state index in [0.717, 1.165) is 27.7 Å². The van der Waals surface area contributed by atoms with Crippen molar-refractivity contribution in [2.75, 3.05) is 20.8 Å². The first-order valence-corrected chi connectivity index (χ1v) is 12.6. The van der Waals surface area contributed by atoms with Crippen LogP contribution in [0.4, 0.5) is 0 Å². The molecule has 0 spiro atoms. The van der Waals surface area contributed by atoms with Crippen LogP contribution >= 0.6 is 15.9 Å². The summed E-state index contributed by atoms with van der Waals surface area (Å²) in [6, 6.07) is 13.6. The molecule has 2 aliphatic rings. The van der Waals surface area contributed by atoms with Crippen LogP contribution in [0, 0.1) is 5.92 Å². The van der Waals surface area contributed by atoms with E-state index in [1.807, 2.05) is 56.3 Å². The molecule has 2 aromatic rings. The fourth-order valence-corrected chi connectivity index (χ4v) is 5.29. The number of methoxy groups -OCH3 is 2. The summed E-state index contributed by atoms with van der Waals surface area (Å²) in [4.78, 5) is 31.6. The first-order valence-electron chi connectivity index (χ1n) is 11.8. The first-order chi connectivity index (χ1) is 16.9. The van der Waals surface area contributed by atoms with Crippen LogP contribution in [0.2, 0.25) is 0 Å². The predicted molar refractivity (Wildman–Crippen MR) is 138 cm³/mol. The molecular weight excluding hydrogens is 510 g/mol. The quantitative estimate of drug-likeness (QED) is 0.403. The number of hydrogen-bond donors (Lipinski definition) is 0. The summed E-state index contributed by atoms with van der Waals surface area (Å²) in [5, 5.41) is 0. The SMILES string of the molecule is CCCOC(=O)C1C(C)=NC2=C(C(=O)C[C@H](c3ccc(OC)c(OC)c3)C2)[C@@H]1c1ccc(Br)cc1. The number of nitrogens with zero attached hydrogens (tertiary/aromatic N) is 1. The zero-order valence-electron chi connectivity index (χ0n) is 20.5. The van der Waals surface area contributed by atoms with Gasteiger partial charge in [0.2, 0.25) is 0 Å². The third kappa shape index (κ3) is 5.06. The lowest BCUT2D eigenvalue weighted by atomic mass is 9.69. The second kappa shape index (κ2) is 10.8. The van der Waals surface area contributed by atoms with E-state index in [0.29, 0.717) is 42.2 Å². The molecule has 0 saturated carbocycles. The van der Waals surface area contributed by atoms with E-state index in [2.05, 4.69) is 15.9 Å². The molecule has 0 amide bonds. The van der Waals surface area contributed by atoms with Crippen LogP contribution in [0.5, 0.6) is 11.5 Å². The molecule has 1 aliphatic heterocycles. The summed E-state index contributed by atoms with van der Waals surface area (Å²) in [5.74, 6) is -0.111. The van der Waals surface area contributed by atoms with Crippen molar-refractivity contribution in [3.8, 4) is 11.5 Å². The van der Waals surface area contributed by atoms with Crippen molar-refractivity contribution in [3.05, 3.63) is 69.3 Å². The van der Waals surface area contributed by atoms with Gasteiger partial charge in [0.05, 0.1) is 20.8 Å². The third-order valence-corrected chi connectivity index (χ3v) is 7.23. The van der Waals surface area contributed by atoms with Crippen molar-refractivity contribution in [2.24, 2.45) is 10.9 Å². The Kier molecular flexibility index (Phi) is 7.75. The highest BCUT2D eigenvalue weighted by Crippen LogP contribution is 2.47. The zero-order valence-corrected chi connectivity index (χ0v) is 22.1. The first kappa shape index (κ1) is 25.2. The molecular formula is C28H30BrNO5. The molecule has 1 heterocycles. The summed E-state index contributed by atoms with van der Waals surface area (Å²) in [6.07, 6.45) is 1.68. The highest BCUT2D eigenvalue weighted by molar-refractivity contribution is 9.10. The Bertz CT molecular complexity index is 1180. The Morgan fingerprint density at radius 3 is 2.37 bits per heavy atom. The van der Waals surface area contributed by atoms with Crippen molar-refractivity contribution in [1.29, 1.82) is 0 Å². The predicted octanol–water partition coefficient (Wildman–Crippen LogP) is 5.99. The van der Waals surface area contributed by atoms with Gasteiger partial charge in [-0.05, 0) is 61.1 Å². The Labute approximate surface area is 214 Å². The Morgan fingerprint density at radius 1 is 1.03 bits per heavy atom. The van der Waals surface area contributed by atoms with E-state index in [9.17, 15) is 9.59 Å². The molecule has 184 valence electrons. The van der Waals surface area contributed by atoms with Crippen molar-refractivity contribution in [1.82, 2.24) is 0 Å². The molecule has 0 N–H and O–H groups in total. The molecule has 3 atom stereocenters. The molecule has 1 aliphatic carbocycles. The van der Waals surface area contributed by atoms with Crippen LogP contribution in [-0.2, 0) is 14.3 Å². The van der Waals surface area contributed by atoms with Gasteiger partial charge in [-0.1, -0.05) is 41.1 Å². The summed E-state index contributed by atoms with van der Waals surface area (Å²) in [5.41, 5.74) is 3.98. The fourth-order valence-electron chi connectivity index (χ4n) is 5.03. The smallest absolute Gasteiger partial charge is 0.315 e. The summed E-state index contributed by atoms with van der Waals surface area (Å²) in [6.45, 7) is 4.16. The minimum absolute atomic E-state index is 0.0171. The average Bonchev–Trinajstić information content (AvgIpc) is 2.86. The Hall–Kier alpha value is -2.93. The van der Waals surface area contributed by atoms with Crippen molar-refractivity contribution < 1.29 is 23.8 Å². The van der Waals surface area contributed by atoms with Crippen molar-refractivity contribution >= 4 is 33.4 Å². The maximum atomic E-state index is 13.7. The van der Waals surface area contributed by atoms with Crippen LogP contribution < -0.4 is 9.47 Å². The van der Waals surface area contributed by atoms with Gasteiger partial charge in [0.15, 0.2) is 17.3 Å². The number of carbonyl (C=O) groups excluding carboxylic acids is 2. The van der Waals surface area contributed by atoms with Crippen LogP contribution in [0.15, 0.2) is 63.2 Å². The number of Topliss-reactive ketones (excluding diaryl/α,β-unsaturated/α-hetero) is 1. The zero-order chi connectivity index (χ0) is 25.1. The van der Waals surface area contributed by atoms with E-state index in [1.54, 1.807) is 14.2 Å². The van der Waals surface area contributed by atoms with Gasteiger partial charge in [-0.3, -0.25) is 14.6 Å². The molecule has 0 aromatic heterocycles. The number of halogens is 1. The highest BCUT2D eigenvalue weighted by atomic mass is 79.9. The van der Waals surface area contributed by atoms with E-state index in [-0.39, 0.29) is 17.7 Å². The Balaban J connectivity index is 1.75. The molecule has 4 rings (SSSR count). The van der Waals surface area contributed by atoms with Gasteiger partial charge in [-0.2, -0.15) is 0 Å². The largest absolute Gasteiger partial charge is 0.493 e. The van der Waals surface area contributed by atoms with Crippen LogP contribution in [0.3, 0.4) is 0 Å². The van der Waals surface area contributed by atoms with Gasteiger partial charge in [0.25, 0.3) is 0 Å². The molecule has 0 saturated heterocycles. The molecule has 0 fully saturated rings. The van der Waals surface area contributed by atoms with Crippen molar-refractivity contribution in [2.45, 2.75) is 44.9 Å². The maximum Gasteiger partial charge on any atom is 0.315 e. The number of ketones is 1. The molecule has 2 aromatic carbocycles. The van der Waals surface area contributed by atoms with Gasteiger partial charge in [-0.15, -0.1) is 0 Å². The number of hydrogen-bond acceptors (Lipinski definition) is 6.